The van der Waals surface area contributed by atoms with Gasteiger partial charge in [-0.3, -0.25) is 9.78 Å². The quantitative estimate of drug-likeness (QED) is 0.888. The van der Waals surface area contributed by atoms with Crippen LogP contribution in [0, 0.1) is 0 Å². The van der Waals surface area contributed by atoms with Gasteiger partial charge in [0.1, 0.15) is 5.69 Å². The van der Waals surface area contributed by atoms with Crippen LogP contribution >= 0.6 is 11.6 Å². The van der Waals surface area contributed by atoms with E-state index in [1.165, 1.54) is 12.1 Å². The van der Waals surface area contributed by atoms with E-state index in [0.717, 1.165) is 24.6 Å². The van der Waals surface area contributed by atoms with Gasteiger partial charge in [-0.25, -0.2) is 8.42 Å². The maximum atomic E-state index is 12.4. The lowest BCUT2D eigenvalue weighted by Gasteiger charge is -2.10. The zero-order valence-electron chi connectivity index (χ0n) is 12.1. The maximum Gasteiger partial charge on any atom is 0.433 e. The van der Waals surface area contributed by atoms with Crippen LogP contribution in [0.15, 0.2) is 41.4 Å². The van der Waals surface area contributed by atoms with Gasteiger partial charge in [-0.1, -0.05) is 11.6 Å². The minimum atomic E-state index is -4.61. The number of nitrogens with one attached hydrogen (secondary N) is 1. The SMILES string of the molecule is CS(=O)(=O)c1ccc(Cl)c(NC(=O)c2ccc(C(F)(F)F)nc2)c1. The largest absolute Gasteiger partial charge is 0.433 e. The molecule has 0 aliphatic carbocycles. The molecule has 0 bridgehead atoms. The topological polar surface area (TPSA) is 76.1 Å². The fraction of sp³-hybridized carbons (Fsp3) is 0.143. The van der Waals surface area contributed by atoms with Gasteiger partial charge in [0.05, 0.1) is 21.2 Å². The van der Waals surface area contributed by atoms with E-state index in [1.54, 1.807) is 0 Å². The minimum absolute atomic E-state index is 0.0180. The molecule has 5 nitrogen and oxygen atoms in total. The molecule has 2 rings (SSSR count). The maximum absolute atomic E-state index is 12.4. The van der Waals surface area contributed by atoms with Crippen molar-refractivity contribution < 1.29 is 26.4 Å². The first-order chi connectivity index (χ1) is 11.0. The molecule has 1 aromatic carbocycles. The number of rotatable bonds is 3. The highest BCUT2D eigenvalue weighted by molar-refractivity contribution is 7.90. The summed E-state index contributed by atoms with van der Waals surface area (Å²) >= 11 is 5.89. The average molecular weight is 379 g/mol. The third-order valence-electron chi connectivity index (χ3n) is 2.93. The Morgan fingerprint density at radius 1 is 1.21 bits per heavy atom. The van der Waals surface area contributed by atoms with Crippen molar-refractivity contribution >= 4 is 33.0 Å². The van der Waals surface area contributed by atoms with Gasteiger partial charge >= 0.3 is 6.18 Å². The summed E-state index contributed by atoms with van der Waals surface area (Å²) in [5.41, 5.74) is -1.25. The van der Waals surface area contributed by atoms with E-state index in [9.17, 15) is 26.4 Å². The molecule has 0 spiro atoms. The van der Waals surface area contributed by atoms with Crippen molar-refractivity contribution in [2.24, 2.45) is 0 Å². The highest BCUT2D eigenvalue weighted by Crippen LogP contribution is 2.28. The van der Waals surface area contributed by atoms with Crippen LogP contribution in [0.3, 0.4) is 0 Å². The highest BCUT2D eigenvalue weighted by Gasteiger charge is 2.32. The standard InChI is InChI=1S/C14H10ClF3N2O3S/c1-24(22,23)9-3-4-10(15)11(6-9)20-13(21)8-2-5-12(19-7-8)14(16,17)18/h2-7H,1H3,(H,20,21). The van der Waals surface area contributed by atoms with Gasteiger partial charge in [0.2, 0.25) is 0 Å². The summed E-state index contributed by atoms with van der Waals surface area (Å²) in [6, 6.07) is 5.35. The van der Waals surface area contributed by atoms with Crippen LogP contribution in [0.4, 0.5) is 18.9 Å². The number of aromatic nitrogens is 1. The van der Waals surface area contributed by atoms with Crippen LogP contribution in [0.25, 0.3) is 0 Å². The Morgan fingerprint density at radius 2 is 1.88 bits per heavy atom. The van der Waals surface area contributed by atoms with Crippen LogP contribution in [0.2, 0.25) is 5.02 Å². The molecule has 0 aliphatic rings. The zero-order chi connectivity index (χ0) is 18.1. The molecule has 1 heterocycles. The molecule has 128 valence electrons. The summed E-state index contributed by atoms with van der Waals surface area (Å²) in [5.74, 6) is -0.774. The van der Waals surface area contributed by atoms with E-state index < -0.39 is 27.6 Å². The molecule has 2 aromatic rings. The Bertz CT molecular complexity index is 881. The van der Waals surface area contributed by atoms with Crippen molar-refractivity contribution in [2.45, 2.75) is 11.1 Å². The van der Waals surface area contributed by atoms with E-state index in [4.69, 9.17) is 11.6 Å². The summed E-state index contributed by atoms with van der Waals surface area (Å²) in [7, 11) is -3.51. The molecule has 0 radical (unpaired) electrons. The number of sulfone groups is 1. The summed E-state index contributed by atoms with van der Waals surface area (Å²) in [4.78, 5) is 15.2. The van der Waals surface area contributed by atoms with Crippen molar-refractivity contribution in [3.05, 3.63) is 52.8 Å². The second kappa shape index (κ2) is 6.40. The van der Waals surface area contributed by atoms with Gasteiger partial charge in [-0.2, -0.15) is 13.2 Å². The van der Waals surface area contributed by atoms with E-state index in [-0.39, 0.29) is 21.2 Å². The third-order valence-corrected chi connectivity index (χ3v) is 4.37. The molecular weight excluding hydrogens is 369 g/mol. The summed E-state index contributed by atoms with van der Waals surface area (Å²) in [6.45, 7) is 0. The van der Waals surface area contributed by atoms with Gasteiger partial charge in [0.15, 0.2) is 9.84 Å². The number of nitrogens with zero attached hydrogens (tertiary/aromatic N) is 1. The molecule has 24 heavy (non-hydrogen) atoms. The van der Waals surface area contributed by atoms with Crippen LogP contribution in [-0.2, 0) is 16.0 Å². The average Bonchev–Trinajstić information content (AvgIpc) is 2.47. The number of halogens is 4. The van der Waals surface area contributed by atoms with Gasteiger partial charge in [0, 0.05) is 12.5 Å². The van der Waals surface area contributed by atoms with Crippen LogP contribution < -0.4 is 5.32 Å². The molecule has 10 heteroatoms. The normalized spacial score (nSPS) is 12.0. The van der Waals surface area contributed by atoms with Crippen molar-refractivity contribution in [3.8, 4) is 0 Å². The summed E-state index contributed by atoms with van der Waals surface area (Å²) < 4.78 is 60.3. The number of amides is 1. The Kier molecular flexibility index (Phi) is 4.86. The molecule has 1 amide bonds. The van der Waals surface area contributed by atoms with Crippen LogP contribution in [0.5, 0.6) is 0 Å². The monoisotopic (exact) mass is 378 g/mol. The zero-order valence-corrected chi connectivity index (χ0v) is 13.6. The Balaban J connectivity index is 2.27. The smallest absolute Gasteiger partial charge is 0.321 e. The van der Waals surface area contributed by atoms with E-state index in [1.807, 2.05) is 0 Å². The first-order valence-corrected chi connectivity index (χ1v) is 8.59. The number of hydrogen-bond donors (Lipinski definition) is 1. The van der Waals surface area contributed by atoms with Gasteiger partial charge in [-0.15, -0.1) is 0 Å². The fourth-order valence-electron chi connectivity index (χ4n) is 1.72. The number of carbonyl (C=O) groups excluding carboxylic acids is 1. The number of pyridine rings is 1. The predicted octanol–water partition coefficient (Wildman–Crippen LogP) is 3.41. The first kappa shape index (κ1) is 18.2. The lowest BCUT2D eigenvalue weighted by atomic mass is 10.2. The van der Waals surface area contributed by atoms with Crippen LogP contribution in [-0.4, -0.2) is 25.6 Å². The molecule has 0 aliphatic heterocycles. The van der Waals surface area contributed by atoms with E-state index >= 15 is 0 Å². The first-order valence-electron chi connectivity index (χ1n) is 6.32. The van der Waals surface area contributed by atoms with Crippen LogP contribution in [0.1, 0.15) is 16.1 Å². The fourth-order valence-corrected chi connectivity index (χ4v) is 2.53. The van der Waals surface area contributed by atoms with E-state index in [0.29, 0.717) is 6.07 Å². The molecule has 1 aromatic heterocycles. The number of carbonyl (C=O) groups is 1. The lowest BCUT2D eigenvalue weighted by molar-refractivity contribution is -0.141. The van der Waals surface area contributed by atoms with Crippen molar-refractivity contribution in [2.75, 3.05) is 11.6 Å². The number of alkyl halides is 3. The number of benzene rings is 1. The molecule has 0 fully saturated rings. The minimum Gasteiger partial charge on any atom is -0.321 e. The van der Waals surface area contributed by atoms with Gasteiger partial charge in [-0.05, 0) is 30.3 Å². The number of hydrogen-bond acceptors (Lipinski definition) is 4. The molecule has 0 saturated carbocycles. The highest BCUT2D eigenvalue weighted by atomic mass is 35.5. The van der Waals surface area contributed by atoms with Gasteiger partial charge in [0.25, 0.3) is 5.91 Å². The van der Waals surface area contributed by atoms with E-state index in [2.05, 4.69) is 10.3 Å². The lowest BCUT2D eigenvalue weighted by Crippen LogP contribution is -2.15. The predicted molar refractivity (Wildman–Crippen MR) is 81.8 cm³/mol. The molecular formula is C14H10ClF3N2O3S. The Labute approximate surface area is 140 Å². The Morgan fingerprint density at radius 3 is 2.38 bits per heavy atom. The second-order valence-corrected chi connectivity index (χ2v) is 7.22. The second-order valence-electron chi connectivity index (χ2n) is 4.80. The van der Waals surface area contributed by atoms with Crippen molar-refractivity contribution in [1.82, 2.24) is 4.98 Å². The number of anilines is 1. The molecule has 0 atom stereocenters. The molecule has 0 saturated heterocycles. The third kappa shape index (κ3) is 4.24. The van der Waals surface area contributed by atoms with Gasteiger partial charge < -0.3 is 5.32 Å². The Hall–Kier alpha value is -2.13. The summed E-state index contributed by atoms with van der Waals surface area (Å²) in [6.07, 6.45) is -2.85. The van der Waals surface area contributed by atoms with Crippen molar-refractivity contribution in [1.29, 1.82) is 0 Å². The van der Waals surface area contributed by atoms with Crippen molar-refractivity contribution in [3.63, 3.8) is 0 Å². The summed E-state index contributed by atoms with van der Waals surface area (Å²) in [5, 5.41) is 2.42. The molecule has 1 N–H and O–H groups in total. The molecule has 0 unspecified atom stereocenters.